The van der Waals surface area contributed by atoms with Crippen LogP contribution in [0.2, 0.25) is 0 Å². The molecule has 1 aromatic carbocycles. The molecule has 0 aliphatic rings. The van der Waals surface area contributed by atoms with Crippen molar-refractivity contribution in [2.75, 3.05) is 0 Å². The predicted molar refractivity (Wildman–Crippen MR) is 72.8 cm³/mol. The summed E-state index contributed by atoms with van der Waals surface area (Å²) in [5.41, 5.74) is 2.25. The van der Waals surface area contributed by atoms with E-state index >= 15 is 0 Å². The molecule has 4 nitrogen and oxygen atoms in total. The molecule has 0 aliphatic heterocycles. The fraction of sp³-hybridized carbons (Fsp3) is 0.0769. The monoisotopic (exact) mass is 357 g/mol. The number of benzene rings is 1. The lowest BCUT2D eigenvalue weighted by molar-refractivity contribution is -0.274. The van der Waals surface area contributed by atoms with Crippen molar-refractivity contribution in [1.82, 2.24) is 14.6 Å². The van der Waals surface area contributed by atoms with Crippen LogP contribution in [-0.4, -0.2) is 21.0 Å². The van der Waals surface area contributed by atoms with E-state index in [-0.39, 0.29) is 5.75 Å². The highest BCUT2D eigenvalue weighted by Crippen LogP contribution is 2.27. The number of nitrogens with zero attached hydrogens (tertiary/aromatic N) is 3. The molecule has 0 unspecified atom stereocenters. The highest BCUT2D eigenvalue weighted by atomic mass is 79.9. The molecule has 2 heterocycles. The van der Waals surface area contributed by atoms with E-state index in [0.29, 0.717) is 10.4 Å². The van der Waals surface area contributed by atoms with E-state index in [4.69, 9.17) is 0 Å². The Morgan fingerprint density at radius 1 is 0.952 bits per heavy atom. The third kappa shape index (κ3) is 2.99. The van der Waals surface area contributed by atoms with E-state index in [1.165, 1.54) is 12.1 Å². The Balaban J connectivity index is 1.93. The summed E-state index contributed by atoms with van der Waals surface area (Å²) < 4.78 is 42.4. The van der Waals surface area contributed by atoms with Gasteiger partial charge >= 0.3 is 6.36 Å². The Morgan fingerprint density at radius 2 is 1.62 bits per heavy atom. The molecule has 0 saturated heterocycles. The number of pyridine rings is 1. The first-order valence-electron chi connectivity index (χ1n) is 5.79. The second-order valence-corrected chi connectivity index (χ2v) is 4.90. The molecule has 21 heavy (non-hydrogen) atoms. The van der Waals surface area contributed by atoms with Gasteiger partial charge in [-0.25, -0.2) is 0 Å². The molecule has 3 rings (SSSR count). The smallest absolute Gasteiger partial charge is 0.406 e. The van der Waals surface area contributed by atoms with Gasteiger partial charge in [0.2, 0.25) is 4.73 Å². The number of hydrogen-bond acceptors (Lipinski definition) is 3. The molecule has 0 saturated carbocycles. The van der Waals surface area contributed by atoms with Crippen LogP contribution in [0.4, 0.5) is 13.2 Å². The molecule has 3 aromatic rings. The van der Waals surface area contributed by atoms with Crippen LogP contribution in [0.15, 0.2) is 47.3 Å². The van der Waals surface area contributed by atoms with Crippen LogP contribution in [0.1, 0.15) is 0 Å². The molecule has 0 aliphatic carbocycles. The van der Waals surface area contributed by atoms with Crippen LogP contribution < -0.4 is 4.74 Å². The van der Waals surface area contributed by atoms with Crippen molar-refractivity contribution < 1.29 is 17.9 Å². The average Bonchev–Trinajstić information content (AvgIpc) is 2.79. The molecule has 8 heteroatoms. The van der Waals surface area contributed by atoms with E-state index in [2.05, 4.69) is 30.9 Å². The fourth-order valence-corrected chi connectivity index (χ4v) is 2.25. The highest BCUT2D eigenvalue weighted by molar-refractivity contribution is 9.10. The minimum absolute atomic E-state index is 0.252. The second-order valence-electron chi connectivity index (χ2n) is 4.19. The summed E-state index contributed by atoms with van der Waals surface area (Å²) in [7, 11) is 0. The highest BCUT2D eigenvalue weighted by Gasteiger charge is 2.30. The van der Waals surface area contributed by atoms with Crippen molar-refractivity contribution in [2.45, 2.75) is 6.36 Å². The van der Waals surface area contributed by atoms with Gasteiger partial charge in [-0.1, -0.05) is 12.1 Å². The summed E-state index contributed by atoms with van der Waals surface area (Å²) >= 11 is 3.26. The first-order chi connectivity index (χ1) is 9.92. The van der Waals surface area contributed by atoms with Crippen molar-refractivity contribution >= 4 is 21.6 Å². The van der Waals surface area contributed by atoms with Gasteiger partial charge in [-0.2, -0.15) is 0 Å². The SMILES string of the molecule is FC(F)(F)Oc1ccc(-c2ccc3nnc(Br)n3c2)cc1. The Hall–Kier alpha value is -2.09. The number of fused-ring (bicyclic) bond motifs is 1. The molecule has 0 N–H and O–H groups in total. The number of ether oxygens (including phenoxy) is 1. The standard InChI is InChI=1S/C13H7BrF3N3O/c14-12-19-18-11-6-3-9(7-20(11)12)8-1-4-10(5-2-8)21-13(15,16)17/h1-7H. The average molecular weight is 358 g/mol. The summed E-state index contributed by atoms with van der Waals surface area (Å²) in [5, 5.41) is 7.80. The molecule has 0 amide bonds. The van der Waals surface area contributed by atoms with E-state index in [0.717, 1.165) is 11.1 Å². The Kier molecular flexibility index (Phi) is 3.32. The first-order valence-corrected chi connectivity index (χ1v) is 6.58. The van der Waals surface area contributed by atoms with Gasteiger partial charge in [0.15, 0.2) is 5.65 Å². The summed E-state index contributed by atoms with van der Waals surface area (Å²) in [4.78, 5) is 0. The van der Waals surface area contributed by atoms with Crippen LogP contribution in [0.25, 0.3) is 16.8 Å². The largest absolute Gasteiger partial charge is 0.573 e. The van der Waals surface area contributed by atoms with E-state index in [9.17, 15) is 13.2 Å². The van der Waals surface area contributed by atoms with E-state index in [1.54, 1.807) is 28.8 Å². The van der Waals surface area contributed by atoms with Crippen molar-refractivity contribution in [3.63, 3.8) is 0 Å². The van der Waals surface area contributed by atoms with Gasteiger partial charge in [0.1, 0.15) is 5.75 Å². The van der Waals surface area contributed by atoms with Crippen molar-refractivity contribution in [1.29, 1.82) is 0 Å². The summed E-state index contributed by atoms with van der Waals surface area (Å²) in [6, 6.07) is 9.24. The molecule has 0 fully saturated rings. The third-order valence-corrected chi connectivity index (χ3v) is 3.32. The van der Waals surface area contributed by atoms with Crippen LogP contribution in [0, 0.1) is 0 Å². The molecular formula is C13H7BrF3N3O. The topological polar surface area (TPSA) is 39.4 Å². The number of alkyl halides is 3. The van der Waals surface area contributed by atoms with Crippen molar-refractivity contribution in [3.05, 3.63) is 47.3 Å². The van der Waals surface area contributed by atoms with Gasteiger partial charge < -0.3 is 4.74 Å². The Labute approximate surface area is 125 Å². The van der Waals surface area contributed by atoms with Gasteiger partial charge in [-0.05, 0) is 51.3 Å². The Morgan fingerprint density at radius 3 is 2.29 bits per heavy atom. The van der Waals surface area contributed by atoms with Crippen LogP contribution in [-0.2, 0) is 0 Å². The molecule has 0 spiro atoms. The lowest BCUT2D eigenvalue weighted by Gasteiger charge is -2.09. The molecule has 108 valence electrons. The molecule has 0 atom stereocenters. The van der Waals surface area contributed by atoms with Gasteiger partial charge in [0.25, 0.3) is 0 Å². The molecule has 0 bridgehead atoms. The van der Waals surface area contributed by atoms with Crippen LogP contribution >= 0.6 is 15.9 Å². The van der Waals surface area contributed by atoms with E-state index < -0.39 is 6.36 Å². The lowest BCUT2D eigenvalue weighted by atomic mass is 10.1. The number of hydrogen-bond donors (Lipinski definition) is 0. The fourth-order valence-electron chi connectivity index (χ4n) is 1.88. The first kappa shape index (κ1) is 13.9. The second kappa shape index (κ2) is 5.03. The van der Waals surface area contributed by atoms with Crippen LogP contribution in [0.3, 0.4) is 0 Å². The quantitative estimate of drug-likeness (QED) is 0.694. The minimum Gasteiger partial charge on any atom is -0.406 e. The van der Waals surface area contributed by atoms with Crippen molar-refractivity contribution in [2.24, 2.45) is 0 Å². The lowest BCUT2D eigenvalue weighted by Crippen LogP contribution is -2.16. The maximum absolute atomic E-state index is 12.1. The predicted octanol–water partition coefficient (Wildman–Crippen LogP) is 4.06. The van der Waals surface area contributed by atoms with Gasteiger partial charge in [-0.15, -0.1) is 23.4 Å². The third-order valence-electron chi connectivity index (χ3n) is 2.78. The molecule has 0 radical (unpaired) electrons. The van der Waals surface area contributed by atoms with Crippen LogP contribution in [0.5, 0.6) is 5.75 Å². The molecule has 2 aromatic heterocycles. The minimum atomic E-state index is -4.69. The van der Waals surface area contributed by atoms with Gasteiger partial charge in [-0.3, -0.25) is 4.40 Å². The summed E-state index contributed by atoms with van der Waals surface area (Å²) in [6.45, 7) is 0. The summed E-state index contributed by atoms with van der Waals surface area (Å²) in [6.07, 6.45) is -2.90. The maximum Gasteiger partial charge on any atom is 0.573 e. The normalized spacial score (nSPS) is 11.8. The number of aromatic nitrogens is 3. The van der Waals surface area contributed by atoms with Gasteiger partial charge in [0, 0.05) is 6.20 Å². The summed E-state index contributed by atoms with van der Waals surface area (Å²) in [5.74, 6) is -0.252. The van der Waals surface area contributed by atoms with E-state index in [1.807, 2.05) is 6.07 Å². The number of rotatable bonds is 2. The Bertz CT molecular complexity index is 783. The zero-order valence-corrected chi connectivity index (χ0v) is 11.9. The zero-order valence-electron chi connectivity index (χ0n) is 10.3. The number of halogens is 4. The molecular weight excluding hydrogens is 351 g/mol. The maximum atomic E-state index is 12.1. The zero-order chi connectivity index (χ0) is 15.0. The van der Waals surface area contributed by atoms with Gasteiger partial charge in [0.05, 0.1) is 0 Å². The van der Waals surface area contributed by atoms with Crippen molar-refractivity contribution in [3.8, 4) is 16.9 Å².